The van der Waals surface area contributed by atoms with Crippen molar-refractivity contribution in [1.82, 2.24) is 15.5 Å². The summed E-state index contributed by atoms with van der Waals surface area (Å²) in [7, 11) is 0. The van der Waals surface area contributed by atoms with Gasteiger partial charge in [0.1, 0.15) is 0 Å². The third kappa shape index (κ3) is 7.70. The third-order valence-electron chi connectivity index (χ3n) is 4.23. The quantitative estimate of drug-likeness (QED) is 0.411. The molecule has 21 heavy (non-hydrogen) atoms. The molecular weight excluding hydrogens is 260 g/mol. The molecule has 0 aromatic rings. The average Bonchev–Trinajstić information content (AvgIpc) is 2.47. The van der Waals surface area contributed by atoms with E-state index in [4.69, 9.17) is 4.99 Å². The lowest BCUT2D eigenvalue weighted by Gasteiger charge is -2.35. The Balaban J connectivity index is 2.31. The molecular formula is C17H36N4. The molecule has 1 rings (SSSR count). The van der Waals surface area contributed by atoms with Gasteiger partial charge in [-0.3, -0.25) is 4.99 Å². The molecule has 1 aliphatic heterocycles. The number of hydrogen-bond donors (Lipinski definition) is 2. The molecule has 0 unspecified atom stereocenters. The van der Waals surface area contributed by atoms with Crippen LogP contribution in [0.3, 0.4) is 0 Å². The lowest BCUT2D eigenvalue weighted by atomic mass is 10.0. The van der Waals surface area contributed by atoms with Crippen LogP contribution in [0.1, 0.15) is 66.2 Å². The van der Waals surface area contributed by atoms with Crippen LogP contribution in [0.4, 0.5) is 0 Å². The van der Waals surface area contributed by atoms with E-state index in [0.29, 0.717) is 12.1 Å². The van der Waals surface area contributed by atoms with Crippen molar-refractivity contribution in [1.29, 1.82) is 0 Å². The second-order valence-corrected chi connectivity index (χ2v) is 6.37. The smallest absolute Gasteiger partial charge is 0.191 e. The van der Waals surface area contributed by atoms with Gasteiger partial charge in [0.25, 0.3) is 0 Å². The van der Waals surface area contributed by atoms with Crippen LogP contribution < -0.4 is 10.6 Å². The van der Waals surface area contributed by atoms with E-state index in [1.165, 1.54) is 51.6 Å². The Morgan fingerprint density at radius 3 is 2.43 bits per heavy atom. The fourth-order valence-corrected chi connectivity index (χ4v) is 2.80. The Morgan fingerprint density at radius 2 is 1.86 bits per heavy atom. The third-order valence-corrected chi connectivity index (χ3v) is 4.23. The van der Waals surface area contributed by atoms with E-state index < -0.39 is 0 Å². The first-order valence-corrected chi connectivity index (χ1v) is 8.96. The lowest BCUT2D eigenvalue weighted by molar-refractivity contribution is 0.167. The summed E-state index contributed by atoms with van der Waals surface area (Å²) in [6, 6.07) is 1.25. The molecule has 0 aromatic heterocycles. The Morgan fingerprint density at radius 1 is 1.14 bits per heavy atom. The number of piperidine rings is 1. The highest BCUT2D eigenvalue weighted by atomic mass is 15.2. The van der Waals surface area contributed by atoms with E-state index in [2.05, 4.69) is 43.2 Å². The van der Waals surface area contributed by atoms with Gasteiger partial charge in [-0.1, -0.05) is 26.2 Å². The molecule has 0 atom stereocenters. The molecule has 1 fully saturated rings. The van der Waals surface area contributed by atoms with Crippen molar-refractivity contribution in [2.24, 2.45) is 4.99 Å². The first kappa shape index (κ1) is 18.3. The van der Waals surface area contributed by atoms with Crippen LogP contribution in [-0.2, 0) is 0 Å². The molecule has 4 heteroatoms. The van der Waals surface area contributed by atoms with Crippen molar-refractivity contribution in [3.05, 3.63) is 0 Å². The molecule has 0 radical (unpaired) electrons. The predicted octanol–water partition coefficient (Wildman–Crippen LogP) is 2.99. The average molecular weight is 297 g/mol. The SMILES string of the molecule is CCCCCCN=C(NCC)NC1CCN(C(C)C)CC1. The summed E-state index contributed by atoms with van der Waals surface area (Å²) in [5.41, 5.74) is 0. The second kappa shape index (κ2) is 10.9. The molecule has 2 N–H and O–H groups in total. The second-order valence-electron chi connectivity index (χ2n) is 6.37. The first-order valence-electron chi connectivity index (χ1n) is 8.96. The Bertz CT molecular complexity index is 281. The number of likely N-dealkylation sites (tertiary alicyclic amines) is 1. The zero-order chi connectivity index (χ0) is 15.5. The predicted molar refractivity (Wildman–Crippen MR) is 93.0 cm³/mol. The molecule has 0 bridgehead atoms. The van der Waals surface area contributed by atoms with Gasteiger partial charge in [-0.15, -0.1) is 0 Å². The van der Waals surface area contributed by atoms with Crippen LogP contribution >= 0.6 is 0 Å². The molecule has 0 aliphatic carbocycles. The van der Waals surface area contributed by atoms with Crippen LogP contribution in [0.15, 0.2) is 4.99 Å². The van der Waals surface area contributed by atoms with Gasteiger partial charge < -0.3 is 15.5 Å². The highest BCUT2D eigenvalue weighted by Gasteiger charge is 2.21. The summed E-state index contributed by atoms with van der Waals surface area (Å²) in [5.74, 6) is 1.01. The summed E-state index contributed by atoms with van der Waals surface area (Å²) < 4.78 is 0. The van der Waals surface area contributed by atoms with Gasteiger partial charge >= 0.3 is 0 Å². The standard InChI is InChI=1S/C17H36N4/c1-5-7-8-9-12-19-17(18-6-2)20-16-10-13-21(14-11-16)15(3)4/h15-16H,5-14H2,1-4H3,(H2,18,19,20). The Hall–Kier alpha value is -0.770. The maximum atomic E-state index is 4.71. The van der Waals surface area contributed by atoms with E-state index in [0.717, 1.165) is 19.0 Å². The van der Waals surface area contributed by atoms with Crippen molar-refractivity contribution in [2.75, 3.05) is 26.2 Å². The van der Waals surface area contributed by atoms with Crippen molar-refractivity contribution < 1.29 is 0 Å². The topological polar surface area (TPSA) is 39.7 Å². The van der Waals surface area contributed by atoms with Gasteiger partial charge in [0.15, 0.2) is 5.96 Å². The number of hydrogen-bond acceptors (Lipinski definition) is 2. The number of nitrogens with zero attached hydrogens (tertiary/aromatic N) is 2. The van der Waals surface area contributed by atoms with Crippen LogP contribution in [0.2, 0.25) is 0 Å². The van der Waals surface area contributed by atoms with Gasteiger partial charge in [-0.25, -0.2) is 0 Å². The summed E-state index contributed by atoms with van der Waals surface area (Å²) >= 11 is 0. The van der Waals surface area contributed by atoms with Crippen molar-refractivity contribution in [2.45, 2.75) is 78.3 Å². The normalized spacial score (nSPS) is 18.2. The number of unbranched alkanes of at least 4 members (excludes halogenated alkanes) is 3. The minimum Gasteiger partial charge on any atom is -0.357 e. The molecule has 0 saturated carbocycles. The molecule has 0 spiro atoms. The fourth-order valence-electron chi connectivity index (χ4n) is 2.80. The molecule has 4 nitrogen and oxygen atoms in total. The number of aliphatic imine (C=N–C) groups is 1. The van der Waals surface area contributed by atoms with Crippen molar-refractivity contribution in [3.63, 3.8) is 0 Å². The first-order chi connectivity index (χ1) is 10.2. The van der Waals surface area contributed by atoms with Gasteiger partial charge in [0.05, 0.1) is 0 Å². The van der Waals surface area contributed by atoms with E-state index >= 15 is 0 Å². The minimum atomic E-state index is 0.577. The van der Waals surface area contributed by atoms with Gasteiger partial charge in [-0.05, 0) is 40.0 Å². The number of guanidine groups is 1. The molecule has 124 valence electrons. The maximum Gasteiger partial charge on any atom is 0.191 e. The van der Waals surface area contributed by atoms with Crippen LogP contribution in [0.25, 0.3) is 0 Å². The lowest BCUT2D eigenvalue weighted by Crippen LogP contribution is -2.49. The summed E-state index contributed by atoms with van der Waals surface area (Å²) in [5, 5.41) is 7.00. The fraction of sp³-hybridized carbons (Fsp3) is 0.941. The molecule has 1 saturated heterocycles. The monoisotopic (exact) mass is 296 g/mol. The van der Waals surface area contributed by atoms with E-state index in [1.54, 1.807) is 0 Å². The molecule has 0 amide bonds. The van der Waals surface area contributed by atoms with Crippen molar-refractivity contribution >= 4 is 5.96 Å². The molecule has 1 aliphatic rings. The maximum absolute atomic E-state index is 4.71. The van der Waals surface area contributed by atoms with Gasteiger partial charge in [-0.2, -0.15) is 0 Å². The zero-order valence-electron chi connectivity index (χ0n) is 14.6. The van der Waals surface area contributed by atoms with Crippen LogP contribution in [-0.4, -0.2) is 49.1 Å². The van der Waals surface area contributed by atoms with Gasteiger partial charge in [0, 0.05) is 38.3 Å². The van der Waals surface area contributed by atoms with Gasteiger partial charge in [0.2, 0.25) is 0 Å². The summed E-state index contributed by atoms with van der Waals surface area (Å²) in [4.78, 5) is 7.28. The highest BCUT2D eigenvalue weighted by molar-refractivity contribution is 5.80. The Kier molecular flexibility index (Phi) is 9.48. The van der Waals surface area contributed by atoms with E-state index in [1.807, 2.05) is 0 Å². The van der Waals surface area contributed by atoms with Crippen LogP contribution in [0.5, 0.6) is 0 Å². The van der Waals surface area contributed by atoms with E-state index in [-0.39, 0.29) is 0 Å². The highest BCUT2D eigenvalue weighted by Crippen LogP contribution is 2.12. The summed E-state index contributed by atoms with van der Waals surface area (Å²) in [6.07, 6.45) is 7.56. The van der Waals surface area contributed by atoms with E-state index in [9.17, 15) is 0 Å². The largest absolute Gasteiger partial charge is 0.357 e. The summed E-state index contributed by atoms with van der Waals surface area (Å²) in [6.45, 7) is 13.2. The Labute approximate surface area is 131 Å². The molecule has 1 heterocycles. The minimum absolute atomic E-state index is 0.577. The number of nitrogens with one attached hydrogen (secondary N) is 2. The molecule has 0 aromatic carbocycles. The number of rotatable bonds is 8. The van der Waals surface area contributed by atoms with Crippen molar-refractivity contribution in [3.8, 4) is 0 Å². The zero-order valence-corrected chi connectivity index (χ0v) is 14.6. The van der Waals surface area contributed by atoms with Crippen LogP contribution in [0, 0.1) is 0 Å².